The lowest BCUT2D eigenvalue weighted by Gasteiger charge is -2.06. The zero-order valence-electron chi connectivity index (χ0n) is 8.90. The summed E-state index contributed by atoms with van der Waals surface area (Å²) in [5, 5.41) is 8.48. The molecule has 0 atom stereocenters. The van der Waals surface area contributed by atoms with Crippen molar-refractivity contribution in [3.05, 3.63) is 29.6 Å². The van der Waals surface area contributed by atoms with E-state index in [0.29, 0.717) is 18.9 Å². The zero-order chi connectivity index (χ0) is 11.1. The highest BCUT2D eigenvalue weighted by Gasteiger charge is 2.05. The minimum Gasteiger partial charge on any atom is -0.480 e. The smallest absolute Gasteiger partial charge is 0.208 e. The molecule has 0 saturated carbocycles. The van der Waals surface area contributed by atoms with Crippen LogP contribution in [0.5, 0.6) is 0 Å². The van der Waals surface area contributed by atoms with Gasteiger partial charge in [-0.05, 0) is 25.5 Å². The van der Waals surface area contributed by atoms with E-state index in [2.05, 4.69) is 9.98 Å². The van der Waals surface area contributed by atoms with Gasteiger partial charge in [0.2, 0.25) is 12.1 Å². The molecule has 0 spiro atoms. The van der Waals surface area contributed by atoms with Crippen LogP contribution in [0.2, 0.25) is 0 Å². The Morgan fingerprint density at radius 1 is 1.67 bits per heavy atom. The van der Waals surface area contributed by atoms with Crippen molar-refractivity contribution in [2.45, 2.75) is 20.3 Å². The molecule has 0 N–H and O–H groups in total. The Labute approximate surface area is 89.2 Å². The Bertz CT molecular complexity index is 393. The number of aromatic nitrogens is 1. The number of nitrogens with zero attached hydrogens (tertiary/aromatic N) is 3. The van der Waals surface area contributed by atoms with Gasteiger partial charge in [0.25, 0.3) is 0 Å². The highest BCUT2D eigenvalue weighted by atomic mass is 16.5. The fourth-order valence-corrected chi connectivity index (χ4v) is 1.21. The van der Waals surface area contributed by atoms with E-state index in [1.165, 1.54) is 0 Å². The Morgan fingerprint density at radius 2 is 2.47 bits per heavy atom. The molecule has 0 saturated heterocycles. The van der Waals surface area contributed by atoms with Gasteiger partial charge in [-0.2, -0.15) is 5.26 Å². The molecule has 0 fully saturated rings. The normalized spacial score (nSPS) is 10.9. The van der Waals surface area contributed by atoms with Gasteiger partial charge in [-0.15, -0.1) is 4.99 Å². The predicted molar refractivity (Wildman–Crippen MR) is 57.4 cm³/mol. The van der Waals surface area contributed by atoms with E-state index in [9.17, 15) is 0 Å². The first-order valence-corrected chi connectivity index (χ1v) is 4.76. The lowest BCUT2D eigenvalue weighted by Crippen LogP contribution is -2.09. The highest BCUT2D eigenvalue weighted by molar-refractivity contribution is 5.79. The van der Waals surface area contributed by atoms with E-state index in [1.807, 2.05) is 26.0 Å². The number of nitriles is 1. The molecule has 4 nitrogen and oxygen atoms in total. The third-order valence-corrected chi connectivity index (χ3v) is 1.94. The van der Waals surface area contributed by atoms with Crippen LogP contribution in [0.1, 0.15) is 18.2 Å². The number of aryl methyl sites for hydroxylation is 1. The minimum atomic E-state index is 0.441. The largest absolute Gasteiger partial charge is 0.480 e. The van der Waals surface area contributed by atoms with Gasteiger partial charge in [0.05, 0.1) is 13.0 Å². The number of rotatable bonds is 3. The summed E-state index contributed by atoms with van der Waals surface area (Å²) >= 11 is 0. The SMILES string of the molecule is CCOC(Cc1cccnc1C)=NC#N. The molecule has 1 rings (SSSR count). The Kier molecular flexibility index (Phi) is 4.30. The molecule has 0 aliphatic rings. The maximum absolute atomic E-state index is 8.48. The van der Waals surface area contributed by atoms with Gasteiger partial charge in [0.1, 0.15) is 0 Å². The zero-order valence-corrected chi connectivity index (χ0v) is 8.90. The van der Waals surface area contributed by atoms with Crippen LogP contribution in [-0.4, -0.2) is 17.5 Å². The van der Waals surface area contributed by atoms with Crippen LogP contribution < -0.4 is 0 Å². The standard InChI is InChI=1S/C11H13N3O/c1-3-15-11(14-8-12)7-10-5-4-6-13-9(10)2/h4-6H,3,7H2,1-2H3. The number of ether oxygens (including phenoxy) is 1. The first-order valence-electron chi connectivity index (χ1n) is 4.76. The van der Waals surface area contributed by atoms with Crippen molar-refractivity contribution in [2.24, 2.45) is 4.99 Å². The fraction of sp³-hybridized carbons (Fsp3) is 0.364. The Hall–Kier alpha value is -1.89. The van der Waals surface area contributed by atoms with Crippen LogP contribution in [0.15, 0.2) is 23.3 Å². The topological polar surface area (TPSA) is 58.3 Å². The molecule has 78 valence electrons. The molecule has 15 heavy (non-hydrogen) atoms. The third-order valence-electron chi connectivity index (χ3n) is 1.94. The second-order valence-corrected chi connectivity index (χ2v) is 2.96. The van der Waals surface area contributed by atoms with Crippen molar-refractivity contribution in [1.82, 2.24) is 4.98 Å². The molecule has 1 aromatic rings. The van der Waals surface area contributed by atoms with Gasteiger partial charge < -0.3 is 4.74 Å². The quantitative estimate of drug-likeness (QED) is 0.428. The maximum Gasteiger partial charge on any atom is 0.208 e. The molecule has 1 heterocycles. The number of hydrogen-bond donors (Lipinski definition) is 0. The van der Waals surface area contributed by atoms with Crippen LogP contribution in [0.3, 0.4) is 0 Å². The third kappa shape index (κ3) is 3.39. The average Bonchev–Trinajstić information content (AvgIpc) is 2.22. The molecule has 0 amide bonds. The monoisotopic (exact) mass is 203 g/mol. The lowest BCUT2D eigenvalue weighted by atomic mass is 10.1. The Morgan fingerprint density at radius 3 is 3.07 bits per heavy atom. The highest BCUT2D eigenvalue weighted by Crippen LogP contribution is 2.06. The van der Waals surface area contributed by atoms with Gasteiger partial charge in [-0.3, -0.25) is 4.98 Å². The van der Waals surface area contributed by atoms with Gasteiger partial charge in [-0.25, -0.2) is 0 Å². The second kappa shape index (κ2) is 5.76. The van der Waals surface area contributed by atoms with E-state index in [1.54, 1.807) is 12.4 Å². The molecular weight excluding hydrogens is 190 g/mol. The summed E-state index contributed by atoms with van der Waals surface area (Å²) in [5.74, 6) is 0.441. The summed E-state index contributed by atoms with van der Waals surface area (Å²) in [6.07, 6.45) is 3.99. The predicted octanol–water partition coefficient (Wildman–Crippen LogP) is 1.85. The van der Waals surface area contributed by atoms with Crippen molar-refractivity contribution in [1.29, 1.82) is 5.26 Å². The van der Waals surface area contributed by atoms with Crippen molar-refractivity contribution >= 4 is 5.90 Å². The number of pyridine rings is 1. The van der Waals surface area contributed by atoms with Crippen LogP contribution >= 0.6 is 0 Å². The van der Waals surface area contributed by atoms with Gasteiger partial charge in [-0.1, -0.05) is 6.07 Å². The summed E-state index contributed by atoms with van der Waals surface area (Å²) in [6, 6.07) is 3.81. The van der Waals surface area contributed by atoms with Gasteiger partial charge in [0.15, 0.2) is 0 Å². The van der Waals surface area contributed by atoms with E-state index in [0.717, 1.165) is 11.3 Å². The first kappa shape index (κ1) is 11.2. The maximum atomic E-state index is 8.48. The lowest BCUT2D eigenvalue weighted by molar-refractivity contribution is 0.320. The average molecular weight is 203 g/mol. The summed E-state index contributed by atoms with van der Waals surface area (Å²) < 4.78 is 5.24. The summed E-state index contributed by atoms with van der Waals surface area (Å²) in [5.41, 5.74) is 1.96. The molecule has 4 heteroatoms. The molecule has 0 aliphatic heterocycles. The Balaban J connectivity index is 2.80. The first-order chi connectivity index (χ1) is 7.27. The summed E-state index contributed by atoms with van der Waals surface area (Å²) in [6.45, 7) is 4.30. The van der Waals surface area contributed by atoms with Crippen molar-refractivity contribution in [3.8, 4) is 6.19 Å². The number of hydrogen-bond acceptors (Lipinski definition) is 4. The molecule has 1 aromatic heterocycles. The van der Waals surface area contributed by atoms with Crippen molar-refractivity contribution in [3.63, 3.8) is 0 Å². The second-order valence-electron chi connectivity index (χ2n) is 2.96. The molecule has 0 unspecified atom stereocenters. The van der Waals surface area contributed by atoms with Crippen LogP contribution in [0.25, 0.3) is 0 Å². The molecule has 0 bridgehead atoms. The van der Waals surface area contributed by atoms with Crippen molar-refractivity contribution in [2.75, 3.05) is 6.61 Å². The molecule has 0 aromatic carbocycles. The fourth-order valence-electron chi connectivity index (χ4n) is 1.21. The minimum absolute atomic E-state index is 0.441. The van der Waals surface area contributed by atoms with Crippen molar-refractivity contribution < 1.29 is 4.74 Å². The molecule has 0 radical (unpaired) electrons. The summed E-state index contributed by atoms with van der Waals surface area (Å²) in [4.78, 5) is 7.78. The van der Waals surface area contributed by atoms with E-state index in [-0.39, 0.29) is 0 Å². The summed E-state index contributed by atoms with van der Waals surface area (Å²) in [7, 11) is 0. The van der Waals surface area contributed by atoms with E-state index < -0.39 is 0 Å². The molecular formula is C11H13N3O. The van der Waals surface area contributed by atoms with Crippen LogP contribution in [0.4, 0.5) is 0 Å². The van der Waals surface area contributed by atoms with Crippen LogP contribution in [0, 0.1) is 18.4 Å². The number of aliphatic imine (C=N–C) groups is 1. The van der Waals surface area contributed by atoms with Gasteiger partial charge >= 0.3 is 0 Å². The van der Waals surface area contributed by atoms with E-state index in [4.69, 9.17) is 10.00 Å². The molecule has 0 aliphatic carbocycles. The van der Waals surface area contributed by atoms with E-state index >= 15 is 0 Å². The van der Waals surface area contributed by atoms with Gasteiger partial charge in [0, 0.05) is 11.9 Å². The van der Waals surface area contributed by atoms with Crippen LogP contribution in [-0.2, 0) is 11.2 Å².